The van der Waals surface area contributed by atoms with E-state index in [2.05, 4.69) is 136 Å². The van der Waals surface area contributed by atoms with E-state index in [1.54, 1.807) is 0 Å². The van der Waals surface area contributed by atoms with Gasteiger partial charge in [-0.05, 0) is 70.6 Å². The zero-order chi connectivity index (χ0) is 27.6. The Hall–Kier alpha value is -5.55. The highest BCUT2D eigenvalue weighted by Gasteiger charge is 2.33. The van der Waals surface area contributed by atoms with E-state index in [4.69, 9.17) is 9.72 Å². The summed E-state index contributed by atoms with van der Waals surface area (Å²) in [5, 5.41) is 0. The molecule has 5 heteroatoms. The monoisotopic (exact) mass is 537 g/mol. The van der Waals surface area contributed by atoms with Gasteiger partial charge in [-0.3, -0.25) is 8.97 Å². The summed E-state index contributed by atoms with van der Waals surface area (Å²) in [5.74, 6) is 2.74. The molecule has 42 heavy (non-hydrogen) atoms. The highest BCUT2D eigenvalue weighted by molar-refractivity contribution is 6.97. The number of hydrogen-bond acceptors (Lipinski definition) is 2. The Balaban J connectivity index is 1.27. The Bertz CT molecular complexity index is 2270. The molecule has 0 amide bonds. The van der Waals surface area contributed by atoms with Crippen molar-refractivity contribution < 1.29 is 4.74 Å². The Kier molecular flexibility index (Phi) is 4.96. The molecule has 0 unspecified atom stereocenters. The third-order valence-electron chi connectivity index (χ3n) is 8.47. The average Bonchev–Trinajstić information content (AvgIpc) is 3.58. The van der Waals surface area contributed by atoms with Crippen molar-refractivity contribution in [3.05, 3.63) is 146 Å². The summed E-state index contributed by atoms with van der Waals surface area (Å²) >= 11 is 0. The number of para-hydroxylation sites is 6. The van der Waals surface area contributed by atoms with Crippen LogP contribution in [0, 0.1) is 0 Å². The summed E-state index contributed by atoms with van der Waals surface area (Å²) in [5.41, 5.74) is 11.4. The van der Waals surface area contributed by atoms with Crippen molar-refractivity contribution in [1.29, 1.82) is 0 Å². The van der Waals surface area contributed by atoms with E-state index in [9.17, 15) is 0 Å². The third-order valence-corrected chi connectivity index (χ3v) is 8.47. The Morgan fingerprint density at radius 3 is 1.93 bits per heavy atom. The van der Waals surface area contributed by atoms with Gasteiger partial charge in [-0.1, -0.05) is 103 Å². The van der Waals surface area contributed by atoms with E-state index >= 15 is 0 Å². The minimum absolute atomic E-state index is 0.0581. The first-order valence-electron chi connectivity index (χ1n) is 14.3. The zero-order valence-electron chi connectivity index (χ0n) is 22.7. The molecule has 0 bridgehead atoms. The Morgan fingerprint density at radius 2 is 1.14 bits per heavy atom. The molecular weight excluding hydrogens is 513 g/mol. The smallest absolute Gasteiger partial charge is 0.251 e. The second-order valence-electron chi connectivity index (χ2n) is 10.8. The van der Waals surface area contributed by atoms with Crippen LogP contribution in [0.25, 0.3) is 44.7 Å². The second kappa shape index (κ2) is 8.98. The second-order valence-corrected chi connectivity index (χ2v) is 10.8. The molecule has 0 atom stereocenters. The normalized spacial score (nSPS) is 12.4. The molecule has 4 nitrogen and oxygen atoms in total. The maximum absolute atomic E-state index is 6.34. The van der Waals surface area contributed by atoms with Crippen LogP contribution >= 0.6 is 0 Å². The summed E-state index contributed by atoms with van der Waals surface area (Å²) in [7, 11) is 0. The molecule has 0 spiro atoms. The van der Waals surface area contributed by atoms with E-state index in [0.717, 1.165) is 50.6 Å². The maximum Gasteiger partial charge on any atom is 0.251 e. The molecule has 0 N–H and O–H groups in total. The van der Waals surface area contributed by atoms with Crippen LogP contribution in [0.15, 0.2) is 146 Å². The predicted octanol–water partition coefficient (Wildman–Crippen LogP) is 6.72. The van der Waals surface area contributed by atoms with Crippen LogP contribution in [0.5, 0.6) is 11.5 Å². The van der Waals surface area contributed by atoms with Gasteiger partial charge in [-0.25, -0.2) is 4.98 Å². The lowest BCUT2D eigenvalue weighted by atomic mass is 9.35. The number of fused-ring (bicyclic) bond motifs is 7. The van der Waals surface area contributed by atoms with Gasteiger partial charge >= 0.3 is 0 Å². The van der Waals surface area contributed by atoms with Gasteiger partial charge in [-0.2, -0.15) is 0 Å². The molecule has 196 valence electrons. The van der Waals surface area contributed by atoms with Gasteiger partial charge in [0.1, 0.15) is 11.5 Å². The quantitative estimate of drug-likeness (QED) is 0.235. The largest absolute Gasteiger partial charge is 0.458 e. The molecule has 0 aliphatic carbocycles. The van der Waals surface area contributed by atoms with Gasteiger partial charge in [0.2, 0.25) is 5.78 Å². The lowest BCUT2D eigenvalue weighted by Crippen LogP contribution is -2.55. The lowest BCUT2D eigenvalue weighted by Gasteiger charge is -2.28. The van der Waals surface area contributed by atoms with Crippen molar-refractivity contribution in [2.75, 3.05) is 0 Å². The minimum atomic E-state index is 0.0581. The van der Waals surface area contributed by atoms with E-state index in [0.29, 0.717) is 0 Å². The van der Waals surface area contributed by atoms with Gasteiger partial charge in [-0.15, -0.1) is 0 Å². The van der Waals surface area contributed by atoms with Crippen molar-refractivity contribution in [2.24, 2.45) is 0 Å². The van der Waals surface area contributed by atoms with Gasteiger partial charge in [0.25, 0.3) is 6.71 Å². The molecule has 0 saturated carbocycles. The van der Waals surface area contributed by atoms with Gasteiger partial charge in [0.05, 0.1) is 22.1 Å². The first kappa shape index (κ1) is 23.2. The third kappa shape index (κ3) is 3.34. The summed E-state index contributed by atoms with van der Waals surface area (Å²) in [6.45, 7) is 0.0581. The van der Waals surface area contributed by atoms with Gasteiger partial charge in [0.15, 0.2) is 0 Å². The standard InChI is InChI=1S/C37H24BN3O/c1-2-15-28(38-29-16-3-9-22-35(29)42-36-23-10-4-17-30(36)38)27(14-1)25-12-11-13-26(24-25)40-33-20-7-8-21-34(33)41-32-19-6-5-18-31(32)39-37(40)41/h1-24H. The number of hydrogen-bond donors (Lipinski definition) is 0. The van der Waals surface area contributed by atoms with Gasteiger partial charge < -0.3 is 4.74 Å². The maximum atomic E-state index is 6.34. The fourth-order valence-corrected chi connectivity index (χ4v) is 6.67. The van der Waals surface area contributed by atoms with Crippen molar-refractivity contribution in [3.8, 4) is 28.3 Å². The highest BCUT2D eigenvalue weighted by atomic mass is 16.5. The molecule has 8 aromatic rings. The number of aromatic nitrogens is 3. The van der Waals surface area contributed by atoms with Crippen LogP contribution < -0.4 is 21.1 Å². The molecule has 9 rings (SSSR count). The number of nitrogens with zero attached hydrogens (tertiary/aromatic N) is 3. The average molecular weight is 537 g/mol. The van der Waals surface area contributed by atoms with E-state index in [1.165, 1.54) is 22.0 Å². The zero-order valence-corrected chi connectivity index (χ0v) is 22.7. The topological polar surface area (TPSA) is 31.5 Å². The van der Waals surface area contributed by atoms with Crippen molar-refractivity contribution in [1.82, 2.24) is 14.0 Å². The fraction of sp³-hybridized carbons (Fsp3) is 0. The van der Waals surface area contributed by atoms with Crippen molar-refractivity contribution in [2.45, 2.75) is 0 Å². The van der Waals surface area contributed by atoms with Crippen LogP contribution in [0.1, 0.15) is 0 Å². The Morgan fingerprint density at radius 1 is 0.524 bits per heavy atom. The lowest BCUT2D eigenvalue weighted by molar-refractivity contribution is 0.487. The van der Waals surface area contributed by atoms with Crippen LogP contribution in [0.3, 0.4) is 0 Å². The summed E-state index contributed by atoms with van der Waals surface area (Å²) < 4.78 is 10.9. The van der Waals surface area contributed by atoms with Gasteiger partial charge in [0, 0.05) is 5.69 Å². The first-order chi connectivity index (χ1) is 20.8. The van der Waals surface area contributed by atoms with Crippen LogP contribution in [-0.2, 0) is 0 Å². The molecule has 1 aliphatic rings. The Labute approximate surface area is 243 Å². The van der Waals surface area contributed by atoms with E-state index in [1.807, 2.05) is 18.2 Å². The van der Waals surface area contributed by atoms with Crippen molar-refractivity contribution >= 4 is 50.9 Å². The fourth-order valence-electron chi connectivity index (χ4n) is 6.67. The first-order valence-corrected chi connectivity index (χ1v) is 14.3. The van der Waals surface area contributed by atoms with Crippen LogP contribution in [0.2, 0.25) is 0 Å². The van der Waals surface area contributed by atoms with E-state index in [-0.39, 0.29) is 6.71 Å². The summed E-state index contributed by atoms with van der Waals surface area (Å²) in [6.07, 6.45) is 0. The molecule has 0 saturated heterocycles. The van der Waals surface area contributed by atoms with Crippen molar-refractivity contribution in [3.63, 3.8) is 0 Å². The number of benzene rings is 6. The van der Waals surface area contributed by atoms with Crippen LogP contribution in [0.4, 0.5) is 0 Å². The molecular formula is C37H24BN3O. The number of rotatable bonds is 3. The molecule has 0 radical (unpaired) electrons. The molecule has 2 aromatic heterocycles. The molecule has 3 heterocycles. The number of ether oxygens (including phenoxy) is 1. The van der Waals surface area contributed by atoms with E-state index < -0.39 is 0 Å². The molecule has 0 fully saturated rings. The highest BCUT2D eigenvalue weighted by Crippen LogP contribution is 2.31. The summed E-state index contributed by atoms with van der Waals surface area (Å²) in [4.78, 5) is 5.08. The summed E-state index contributed by atoms with van der Waals surface area (Å²) in [6, 6.07) is 51.3. The molecule has 6 aromatic carbocycles. The predicted molar refractivity (Wildman–Crippen MR) is 173 cm³/mol. The number of imidazole rings is 2. The SMILES string of the molecule is c1cc(-c2ccccc2B2c3ccccc3Oc3ccccc32)cc(-n2c3ccccc3n3c4ccccc4nc23)c1. The molecule has 1 aliphatic heterocycles. The minimum Gasteiger partial charge on any atom is -0.458 e. The van der Waals surface area contributed by atoms with Crippen LogP contribution in [-0.4, -0.2) is 20.7 Å².